The van der Waals surface area contributed by atoms with E-state index in [1.165, 1.54) is 6.92 Å². The summed E-state index contributed by atoms with van der Waals surface area (Å²) in [6.07, 6.45) is 0. The first kappa shape index (κ1) is 11.5. The molecule has 1 aromatic carbocycles. The largest absolute Gasteiger partial charge is 0.504 e. The summed E-state index contributed by atoms with van der Waals surface area (Å²) in [5, 5.41) is 9.78. The molecule has 4 nitrogen and oxygen atoms in total. The number of para-hydroxylation sites is 1. The quantitative estimate of drug-likeness (QED) is 0.603. The zero-order chi connectivity index (χ0) is 11.4. The average Bonchev–Trinajstić information content (AvgIpc) is 2.10. The van der Waals surface area contributed by atoms with Crippen LogP contribution < -0.4 is 4.74 Å². The number of nitrogens with zero attached hydrogens (tertiary/aromatic N) is 1. The Morgan fingerprint density at radius 2 is 2.13 bits per heavy atom. The molecule has 0 atom stereocenters. The number of hydrogen-bond acceptors (Lipinski definition) is 4. The normalized spacial score (nSPS) is 10.4. The molecule has 15 heavy (non-hydrogen) atoms. The van der Waals surface area contributed by atoms with E-state index < -0.39 is 5.97 Å². The number of esters is 1. The van der Waals surface area contributed by atoms with Crippen molar-refractivity contribution in [1.29, 1.82) is 0 Å². The topological polar surface area (TPSA) is 49.8 Å². The van der Waals surface area contributed by atoms with Gasteiger partial charge in [-0.3, -0.25) is 4.79 Å². The molecule has 0 saturated carbocycles. The van der Waals surface area contributed by atoms with Crippen molar-refractivity contribution in [1.82, 2.24) is 4.90 Å². The molecule has 1 N–H and O–H groups in total. The highest BCUT2D eigenvalue weighted by atomic mass is 16.5. The zero-order valence-corrected chi connectivity index (χ0v) is 9.15. The maximum Gasteiger partial charge on any atom is 0.308 e. The van der Waals surface area contributed by atoms with Crippen molar-refractivity contribution in [2.24, 2.45) is 0 Å². The Kier molecular flexibility index (Phi) is 3.68. The minimum atomic E-state index is -0.438. The summed E-state index contributed by atoms with van der Waals surface area (Å²) in [6, 6.07) is 5.11. The van der Waals surface area contributed by atoms with Crippen molar-refractivity contribution in [2.75, 3.05) is 14.1 Å². The summed E-state index contributed by atoms with van der Waals surface area (Å²) in [6.45, 7) is 1.90. The monoisotopic (exact) mass is 209 g/mol. The number of hydrogen-bond donors (Lipinski definition) is 1. The highest BCUT2D eigenvalue weighted by Gasteiger charge is 2.10. The van der Waals surface area contributed by atoms with Gasteiger partial charge >= 0.3 is 5.97 Å². The van der Waals surface area contributed by atoms with Crippen molar-refractivity contribution in [3.63, 3.8) is 0 Å². The molecule has 0 saturated heterocycles. The maximum absolute atomic E-state index is 10.8. The molecular weight excluding hydrogens is 194 g/mol. The minimum absolute atomic E-state index is 0.0291. The van der Waals surface area contributed by atoms with Crippen LogP contribution in [0.3, 0.4) is 0 Å². The van der Waals surface area contributed by atoms with Gasteiger partial charge in [-0.05, 0) is 20.2 Å². The van der Waals surface area contributed by atoms with E-state index in [1.807, 2.05) is 19.0 Å². The molecule has 0 radical (unpaired) electrons. The van der Waals surface area contributed by atoms with Gasteiger partial charge in [-0.1, -0.05) is 12.1 Å². The molecule has 0 aromatic heterocycles. The van der Waals surface area contributed by atoms with Crippen LogP contribution in [0.1, 0.15) is 12.5 Å². The maximum atomic E-state index is 10.8. The molecule has 0 bridgehead atoms. The Morgan fingerprint density at radius 3 is 2.67 bits per heavy atom. The van der Waals surface area contributed by atoms with E-state index in [9.17, 15) is 9.90 Å². The van der Waals surface area contributed by atoms with Gasteiger partial charge in [-0.25, -0.2) is 0 Å². The third-order valence-corrected chi connectivity index (χ3v) is 1.82. The number of carbonyl (C=O) groups is 1. The average molecular weight is 209 g/mol. The van der Waals surface area contributed by atoms with E-state index in [0.717, 1.165) is 5.56 Å². The van der Waals surface area contributed by atoms with Gasteiger partial charge in [0.1, 0.15) is 0 Å². The molecule has 0 aliphatic heterocycles. The van der Waals surface area contributed by atoms with Crippen molar-refractivity contribution in [3.8, 4) is 11.5 Å². The molecule has 4 heteroatoms. The first-order valence-corrected chi connectivity index (χ1v) is 4.64. The Labute approximate surface area is 89.1 Å². The van der Waals surface area contributed by atoms with Crippen LogP contribution in [-0.4, -0.2) is 30.1 Å². The highest BCUT2D eigenvalue weighted by Crippen LogP contribution is 2.30. The lowest BCUT2D eigenvalue weighted by molar-refractivity contribution is -0.132. The Morgan fingerprint density at radius 1 is 1.47 bits per heavy atom. The van der Waals surface area contributed by atoms with Crippen molar-refractivity contribution in [3.05, 3.63) is 23.8 Å². The first-order valence-electron chi connectivity index (χ1n) is 4.64. The van der Waals surface area contributed by atoms with E-state index in [2.05, 4.69) is 0 Å². The van der Waals surface area contributed by atoms with Gasteiger partial charge in [0, 0.05) is 19.0 Å². The number of phenols is 1. The van der Waals surface area contributed by atoms with Crippen LogP contribution in [0.5, 0.6) is 11.5 Å². The van der Waals surface area contributed by atoms with Crippen LogP contribution in [0.25, 0.3) is 0 Å². The molecule has 0 unspecified atom stereocenters. The minimum Gasteiger partial charge on any atom is -0.504 e. The fourth-order valence-electron chi connectivity index (χ4n) is 1.27. The zero-order valence-electron chi connectivity index (χ0n) is 9.15. The van der Waals surface area contributed by atoms with Crippen LogP contribution in [-0.2, 0) is 11.3 Å². The predicted molar refractivity (Wildman–Crippen MR) is 56.8 cm³/mol. The third-order valence-electron chi connectivity index (χ3n) is 1.82. The summed E-state index contributed by atoms with van der Waals surface area (Å²) in [4.78, 5) is 12.7. The lowest BCUT2D eigenvalue weighted by Gasteiger charge is -2.13. The van der Waals surface area contributed by atoms with Crippen LogP contribution in [0.15, 0.2) is 18.2 Å². The van der Waals surface area contributed by atoms with Crippen LogP contribution >= 0.6 is 0 Å². The van der Waals surface area contributed by atoms with E-state index in [-0.39, 0.29) is 11.5 Å². The van der Waals surface area contributed by atoms with Gasteiger partial charge < -0.3 is 14.7 Å². The second kappa shape index (κ2) is 4.79. The Hall–Kier alpha value is -1.55. The number of carbonyl (C=O) groups excluding carboxylic acids is 1. The van der Waals surface area contributed by atoms with E-state index >= 15 is 0 Å². The van der Waals surface area contributed by atoms with Gasteiger partial charge in [0.05, 0.1) is 0 Å². The van der Waals surface area contributed by atoms with Gasteiger partial charge in [0.25, 0.3) is 0 Å². The molecule has 0 aliphatic rings. The van der Waals surface area contributed by atoms with Crippen LogP contribution in [0.4, 0.5) is 0 Å². The van der Waals surface area contributed by atoms with Crippen molar-refractivity contribution < 1.29 is 14.6 Å². The molecule has 82 valence electrons. The Bertz CT molecular complexity index is 361. The van der Waals surface area contributed by atoms with Crippen molar-refractivity contribution in [2.45, 2.75) is 13.5 Å². The summed E-state index contributed by atoms with van der Waals surface area (Å²) >= 11 is 0. The van der Waals surface area contributed by atoms with Crippen LogP contribution in [0.2, 0.25) is 0 Å². The van der Waals surface area contributed by atoms with Crippen LogP contribution in [0, 0.1) is 0 Å². The fraction of sp³-hybridized carbons (Fsp3) is 0.364. The second-order valence-corrected chi connectivity index (χ2v) is 3.60. The molecule has 0 aliphatic carbocycles. The molecule has 0 spiro atoms. The summed E-state index contributed by atoms with van der Waals surface area (Å²) in [5.41, 5.74) is 0.735. The van der Waals surface area contributed by atoms with Gasteiger partial charge in [0.2, 0.25) is 0 Å². The van der Waals surface area contributed by atoms with Gasteiger partial charge in [0.15, 0.2) is 11.5 Å². The molecule has 1 rings (SSSR count). The fourth-order valence-corrected chi connectivity index (χ4v) is 1.27. The summed E-state index contributed by atoms with van der Waals surface area (Å²) in [7, 11) is 3.80. The number of aromatic hydroxyl groups is 1. The van der Waals surface area contributed by atoms with Gasteiger partial charge in [-0.15, -0.1) is 0 Å². The third kappa shape index (κ3) is 3.25. The lowest BCUT2D eigenvalue weighted by Crippen LogP contribution is -2.11. The van der Waals surface area contributed by atoms with Gasteiger partial charge in [-0.2, -0.15) is 0 Å². The number of phenolic OH excluding ortho intramolecular Hbond substituents is 1. The standard InChI is InChI=1S/C11H15NO3/c1-8(13)15-10-6-4-5-9(11(10)14)7-12(2)3/h4-6,14H,7H2,1-3H3. The molecule has 0 fully saturated rings. The second-order valence-electron chi connectivity index (χ2n) is 3.60. The highest BCUT2D eigenvalue weighted by molar-refractivity contribution is 5.70. The van der Waals surface area contributed by atoms with E-state index in [4.69, 9.17) is 4.74 Å². The molecule has 0 heterocycles. The number of rotatable bonds is 3. The molecule has 0 amide bonds. The van der Waals surface area contributed by atoms with E-state index in [1.54, 1.807) is 18.2 Å². The summed E-state index contributed by atoms with van der Waals surface area (Å²) in [5.74, 6) is -0.199. The van der Waals surface area contributed by atoms with E-state index in [0.29, 0.717) is 6.54 Å². The smallest absolute Gasteiger partial charge is 0.308 e. The number of benzene rings is 1. The molecule has 1 aromatic rings. The first-order chi connectivity index (χ1) is 7.00. The number of ether oxygens (including phenoxy) is 1. The lowest BCUT2D eigenvalue weighted by atomic mass is 10.2. The molecular formula is C11H15NO3. The SMILES string of the molecule is CC(=O)Oc1cccc(CN(C)C)c1O. The summed E-state index contributed by atoms with van der Waals surface area (Å²) < 4.78 is 4.86. The predicted octanol–water partition coefficient (Wildman–Crippen LogP) is 1.38. The van der Waals surface area contributed by atoms with Crippen molar-refractivity contribution >= 4 is 5.97 Å². The Balaban J connectivity index is 2.95.